The van der Waals surface area contributed by atoms with Gasteiger partial charge >= 0.3 is 30.1 Å². The second kappa shape index (κ2) is 6.21. The summed E-state index contributed by atoms with van der Waals surface area (Å²) in [6, 6.07) is 0. The summed E-state index contributed by atoms with van der Waals surface area (Å²) in [5, 5.41) is -0.807. The van der Waals surface area contributed by atoms with Gasteiger partial charge in [-0.1, -0.05) is 11.8 Å². The molecule has 12 heteroatoms. The van der Waals surface area contributed by atoms with Crippen LogP contribution in [-0.2, 0) is 4.79 Å². The van der Waals surface area contributed by atoms with Crippen molar-refractivity contribution in [1.82, 2.24) is 0 Å². The second-order valence-corrected chi connectivity index (χ2v) is 5.14. The van der Waals surface area contributed by atoms with Crippen molar-refractivity contribution in [3.05, 3.63) is 0 Å². The first-order chi connectivity index (χ1) is 9.11. The Balaban J connectivity index is 5.37. The van der Waals surface area contributed by atoms with Crippen LogP contribution >= 0.6 is 11.8 Å². The molecule has 0 aromatic carbocycles. The van der Waals surface area contributed by atoms with Gasteiger partial charge in [0.15, 0.2) is 5.12 Å². The Kier molecular flexibility index (Phi) is 6.01. The fourth-order valence-corrected chi connectivity index (χ4v) is 1.70. The third kappa shape index (κ3) is 3.75. The van der Waals surface area contributed by atoms with E-state index in [4.69, 9.17) is 0 Å². The molecule has 0 aliphatic rings. The summed E-state index contributed by atoms with van der Waals surface area (Å²) < 4.78 is 126. The molecule has 0 aromatic heterocycles. The zero-order valence-corrected chi connectivity index (χ0v) is 10.9. The lowest BCUT2D eigenvalue weighted by Gasteiger charge is -2.36. The molecule has 0 heterocycles. The fraction of sp³-hybridized carbons (Fsp3) is 0.889. The van der Waals surface area contributed by atoms with Crippen LogP contribution in [0.2, 0.25) is 0 Å². The van der Waals surface area contributed by atoms with Crippen molar-refractivity contribution in [1.29, 1.82) is 0 Å². The van der Waals surface area contributed by atoms with Crippen molar-refractivity contribution in [3.63, 3.8) is 0 Å². The largest absolute Gasteiger partial charge is 0.384 e. The van der Waals surface area contributed by atoms with E-state index in [1.54, 1.807) is 0 Å². The quantitative estimate of drug-likeness (QED) is 0.628. The Labute approximate surface area is 116 Å². The van der Waals surface area contributed by atoms with Gasteiger partial charge in [-0.15, -0.1) is 0 Å². The SMILES string of the molecule is CC(=O)SCCC(F)(F)C(F)(F)C(F)(F)C(F)(F)C(F)F. The minimum atomic E-state index is -6.97. The smallest absolute Gasteiger partial charge is 0.288 e. The van der Waals surface area contributed by atoms with Gasteiger partial charge in [-0.25, -0.2) is 8.78 Å². The summed E-state index contributed by atoms with van der Waals surface area (Å²) in [4.78, 5) is 10.4. The minimum Gasteiger partial charge on any atom is -0.288 e. The summed E-state index contributed by atoms with van der Waals surface area (Å²) in [5.41, 5.74) is 0. The Bertz CT molecular complexity index is 381. The number of thioether (sulfide) groups is 1. The van der Waals surface area contributed by atoms with Gasteiger partial charge in [-0.2, -0.15) is 35.1 Å². The molecule has 21 heavy (non-hydrogen) atoms. The van der Waals surface area contributed by atoms with Crippen LogP contribution in [0.3, 0.4) is 0 Å². The molecule has 0 N–H and O–H groups in total. The molecular formula is C9H8F10OS. The van der Waals surface area contributed by atoms with Crippen molar-refractivity contribution in [3.8, 4) is 0 Å². The molecule has 0 saturated heterocycles. The molecule has 0 bridgehead atoms. The maximum Gasteiger partial charge on any atom is 0.384 e. The first-order valence-corrected chi connectivity index (χ1v) is 6.02. The van der Waals surface area contributed by atoms with Crippen LogP contribution in [-0.4, -0.2) is 41.0 Å². The molecule has 0 atom stereocenters. The van der Waals surface area contributed by atoms with Gasteiger partial charge in [0.2, 0.25) is 0 Å². The molecule has 0 spiro atoms. The first kappa shape index (κ1) is 20.3. The summed E-state index contributed by atoms with van der Waals surface area (Å²) in [6.07, 6.45) is -7.33. The molecule has 126 valence electrons. The predicted octanol–water partition coefficient (Wildman–Crippen LogP) is 4.46. The van der Waals surface area contributed by atoms with E-state index in [-0.39, 0.29) is 11.8 Å². The Morgan fingerprint density at radius 3 is 1.71 bits per heavy atom. The van der Waals surface area contributed by atoms with Gasteiger partial charge in [-0.3, -0.25) is 4.79 Å². The van der Waals surface area contributed by atoms with Crippen LogP contribution in [0.1, 0.15) is 13.3 Å². The summed E-state index contributed by atoms with van der Waals surface area (Å²) in [5.74, 6) is -27.1. The summed E-state index contributed by atoms with van der Waals surface area (Å²) in [6.45, 7) is 0.862. The number of carbonyl (C=O) groups is 1. The standard InChI is InChI=1S/C9H8F10OS/c1-4(20)21-3-2-6(12,13)8(16,17)9(18,19)7(14,15)5(10)11/h5H,2-3H2,1H3. The van der Waals surface area contributed by atoms with Crippen LogP contribution in [0, 0.1) is 0 Å². The van der Waals surface area contributed by atoms with Gasteiger partial charge in [0.05, 0.1) is 0 Å². The van der Waals surface area contributed by atoms with Crippen LogP contribution in [0.4, 0.5) is 43.9 Å². The summed E-state index contributed by atoms with van der Waals surface area (Å²) in [7, 11) is 0. The Morgan fingerprint density at radius 2 is 1.38 bits per heavy atom. The zero-order valence-electron chi connectivity index (χ0n) is 10.1. The zero-order chi connectivity index (χ0) is 17.3. The number of rotatable bonds is 7. The highest BCUT2D eigenvalue weighted by atomic mass is 32.2. The molecular weight excluding hydrogens is 346 g/mol. The molecule has 0 fully saturated rings. The Hall–Kier alpha value is -0.680. The molecule has 0 aliphatic carbocycles. The van der Waals surface area contributed by atoms with Crippen molar-refractivity contribution in [2.24, 2.45) is 0 Å². The van der Waals surface area contributed by atoms with Gasteiger partial charge in [0.1, 0.15) is 0 Å². The van der Waals surface area contributed by atoms with E-state index < -0.39 is 47.4 Å². The van der Waals surface area contributed by atoms with Gasteiger partial charge < -0.3 is 0 Å². The molecule has 0 aromatic rings. The Morgan fingerprint density at radius 1 is 0.952 bits per heavy atom. The van der Waals surface area contributed by atoms with E-state index in [0.717, 1.165) is 6.92 Å². The third-order valence-electron chi connectivity index (χ3n) is 2.27. The monoisotopic (exact) mass is 354 g/mol. The number of alkyl halides is 10. The summed E-state index contributed by atoms with van der Waals surface area (Å²) >= 11 is 0.0659. The van der Waals surface area contributed by atoms with Gasteiger partial charge in [0.25, 0.3) is 0 Å². The van der Waals surface area contributed by atoms with Crippen LogP contribution in [0.15, 0.2) is 0 Å². The average molecular weight is 354 g/mol. The highest BCUT2D eigenvalue weighted by molar-refractivity contribution is 8.13. The van der Waals surface area contributed by atoms with Crippen molar-refractivity contribution in [2.75, 3.05) is 5.75 Å². The molecule has 0 amide bonds. The van der Waals surface area contributed by atoms with Crippen LogP contribution < -0.4 is 0 Å². The van der Waals surface area contributed by atoms with E-state index in [2.05, 4.69) is 0 Å². The third-order valence-corrected chi connectivity index (χ3v) is 3.08. The molecule has 0 aliphatic heterocycles. The van der Waals surface area contributed by atoms with Crippen LogP contribution in [0.5, 0.6) is 0 Å². The maximum absolute atomic E-state index is 13.0. The van der Waals surface area contributed by atoms with E-state index >= 15 is 0 Å². The van der Waals surface area contributed by atoms with Crippen molar-refractivity contribution < 1.29 is 48.7 Å². The predicted molar refractivity (Wildman–Crippen MR) is 53.5 cm³/mol. The maximum atomic E-state index is 13.0. The first-order valence-electron chi connectivity index (χ1n) is 5.04. The van der Waals surface area contributed by atoms with Gasteiger partial charge in [0, 0.05) is 19.1 Å². The van der Waals surface area contributed by atoms with E-state index in [0.29, 0.717) is 0 Å². The lowest BCUT2D eigenvalue weighted by molar-refractivity contribution is -0.383. The average Bonchev–Trinajstić information content (AvgIpc) is 2.26. The normalized spacial score (nSPS) is 14.7. The molecule has 0 saturated carbocycles. The lowest BCUT2D eigenvalue weighted by Crippen LogP contribution is -2.64. The highest BCUT2D eigenvalue weighted by Crippen LogP contribution is 2.55. The number of hydrogen-bond donors (Lipinski definition) is 0. The van der Waals surface area contributed by atoms with Crippen molar-refractivity contribution >= 4 is 16.9 Å². The topological polar surface area (TPSA) is 17.1 Å². The van der Waals surface area contributed by atoms with Crippen molar-refractivity contribution in [2.45, 2.75) is 43.5 Å². The fourth-order valence-electron chi connectivity index (χ4n) is 1.06. The number of halogens is 10. The number of carbonyl (C=O) groups excluding carboxylic acids is 1. The van der Waals surface area contributed by atoms with E-state index in [1.165, 1.54) is 0 Å². The molecule has 0 unspecified atom stereocenters. The number of hydrogen-bond acceptors (Lipinski definition) is 2. The minimum absolute atomic E-state index is 0.0659. The van der Waals surface area contributed by atoms with E-state index in [1.807, 2.05) is 0 Å². The van der Waals surface area contributed by atoms with E-state index in [9.17, 15) is 48.7 Å². The highest BCUT2D eigenvalue weighted by Gasteiger charge is 2.82. The molecule has 0 rings (SSSR count). The second-order valence-electron chi connectivity index (χ2n) is 3.87. The van der Waals surface area contributed by atoms with Gasteiger partial charge in [-0.05, 0) is 0 Å². The molecule has 1 nitrogen and oxygen atoms in total. The van der Waals surface area contributed by atoms with Crippen LogP contribution in [0.25, 0.3) is 0 Å². The lowest BCUT2D eigenvalue weighted by atomic mass is 9.97. The molecule has 0 radical (unpaired) electrons.